The van der Waals surface area contributed by atoms with Gasteiger partial charge < -0.3 is 9.32 Å². The minimum absolute atomic E-state index is 0.0140. The largest absolute Gasteiger partial charge is 0.417 e. The van der Waals surface area contributed by atoms with Gasteiger partial charge in [-0.2, -0.15) is 0 Å². The fraction of sp³-hybridized carbons (Fsp3) is 0.286. The number of hydrogen-bond acceptors (Lipinski definition) is 4. The number of benzene rings is 2. The van der Waals surface area contributed by atoms with Crippen molar-refractivity contribution in [2.75, 3.05) is 13.1 Å². The van der Waals surface area contributed by atoms with Crippen LogP contribution < -0.4 is 5.76 Å². The van der Waals surface area contributed by atoms with Crippen LogP contribution in [0, 0.1) is 12.8 Å². The van der Waals surface area contributed by atoms with Crippen LogP contribution in [-0.4, -0.2) is 34.7 Å². The number of rotatable bonds is 3. The second-order valence-corrected chi connectivity index (χ2v) is 7.03. The number of Topliss-reactive ketones (excluding diaryl/α,β-unsaturated/α-hetero) is 1. The molecule has 3 aromatic rings. The van der Waals surface area contributed by atoms with E-state index in [1.807, 2.05) is 36.1 Å². The summed E-state index contributed by atoms with van der Waals surface area (Å²) >= 11 is 0. The van der Waals surface area contributed by atoms with Crippen molar-refractivity contribution in [2.45, 2.75) is 19.8 Å². The molecule has 0 unspecified atom stereocenters. The van der Waals surface area contributed by atoms with Gasteiger partial charge in [0.1, 0.15) is 0 Å². The fourth-order valence-electron chi connectivity index (χ4n) is 3.64. The number of nitrogens with zero attached hydrogens (tertiary/aromatic N) is 1. The van der Waals surface area contributed by atoms with Gasteiger partial charge in [-0.25, -0.2) is 4.79 Å². The average Bonchev–Trinajstić information content (AvgIpc) is 3.06. The normalized spacial score (nSPS) is 15.2. The van der Waals surface area contributed by atoms with E-state index in [-0.39, 0.29) is 17.6 Å². The predicted octanol–water partition coefficient (Wildman–Crippen LogP) is 3.16. The van der Waals surface area contributed by atoms with Crippen LogP contribution in [0.15, 0.2) is 51.7 Å². The first kappa shape index (κ1) is 17.3. The van der Waals surface area contributed by atoms with Crippen LogP contribution in [0.2, 0.25) is 0 Å². The Morgan fingerprint density at radius 3 is 2.59 bits per heavy atom. The topological polar surface area (TPSA) is 83.4 Å². The molecule has 1 aromatic heterocycles. The lowest BCUT2D eigenvalue weighted by Gasteiger charge is -2.31. The van der Waals surface area contributed by atoms with Crippen LogP contribution in [0.5, 0.6) is 0 Å². The zero-order chi connectivity index (χ0) is 19.0. The molecule has 0 aliphatic carbocycles. The zero-order valence-corrected chi connectivity index (χ0v) is 15.0. The second-order valence-electron chi connectivity index (χ2n) is 7.03. The molecule has 0 radical (unpaired) electrons. The van der Waals surface area contributed by atoms with Gasteiger partial charge in [0.15, 0.2) is 11.4 Å². The number of piperidine rings is 1. The highest BCUT2D eigenvalue weighted by atomic mass is 16.4. The van der Waals surface area contributed by atoms with Gasteiger partial charge in [0.05, 0.1) is 5.52 Å². The van der Waals surface area contributed by atoms with E-state index in [0.29, 0.717) is 48.2 Å². The number of carbonyl (C=O) groups is 2. The number of likely N-dealkylation sites (tertiary alicyclic amines) is 1. The van der Waals surface area contributed by atoms with Gasteiger partial charge in [-0.1, -0.05) is 17.7 Å². The monoisotopic (exact) mass is 364 g/mol. The molecule has 1 saturated heterocycles. The second kappa shape index (κ2) is 6.87. The molecule has 0 saturated carbocycles. The first-order valence-corrected chi connectivity index (χ1v) is 9.04. The van der Waals surface area contributed by atoms with E-state index in [0.717, 1.165) is 5.56 Å². The molecule has 1 amide bonds. The maximum atomic E-state index is 12.8. The highest BCUT2D eigenvalue weighted by molar-refractivity contribution is 6.00. The Balaban J connectivity index is 1.44. The quantitative estimate of drug-likeness (QED) is 0.724. The summed E-state index contributed by atoms with van der Waals surface area (Å²) in [6.45, 7) is 3.08. The number of aryl methyl sites for hydroxylation is 1. The van der Waals surface area contributed by atoms with E-state index in [2.05, 4.69) is 4.98 Å². The van der Waals surface area contributed by atoms with Gasteiger partial charge in [-0.05, 0) is 50.1 Å². The molecule has 6 nitrogen and oxygen atoms in total. The van der Waals surface area contributed by atoms with Crippen LogP contribution in [0.3, 0.4) is 0 Å². The summed E-state index contributed by atoms with van der Waals surface area (Å²) in [6, 6.07) is 12.6. The Morgan fingerprint density at radius 1 is 1.07 bits per heavy atom. The number of oxazole rings is 1. The molecular formula is C21H20N2O4. The van der Waals surface area contributed by atoms with Gasteiger partial charge in [0.25, 0.3) is 5.91 Å². The molecule has 1 fully saturated rings. The highest BCUT2D eigenvalue weighted by Gasteiger charge is 2.28. The van der Waals surface area contributed by atoms with Crippen LogP contribution in [0.4, 0.5) is 0 Å². The number of amides is 1. The van der Waals surface area contributed by atoms with Crippen LogP contribution >= 0.6 is 0 Å². The number of nitrogens with one attached hydrogen (secondary N) is 1. The molecule has 27 heavy (non-hydrogen) atoms. The van der Waals surface area contributed by atoms with Crippen molar-refractivity contribution in [3.05, 3.63) is 69.7 Å². The third-order valence-electron chi connectivity index (χ3n) is 5.12. The zero-order valence-electron chi connectivity index (χ0n) is 15.0. The molecule has 4 rings (SSSR count). The number of carbonyl (C=O) groups excluding carboxylic acids is 2. The van der Waals surface area contributed by atoms with Crippen molar-refractivity contribution in [1.29, 1.82) is 0 Å². The molecule has 1 aliphatic heterocycles. The van der Waals surface area contributed by atoms with Crippen molar-refractivity contribution < 1.29 is 14.0 Å². The summed E-state index contributed by atoms with van der Waals surface area (Å²) in [5.74, 6) is -0.615. The summed E-state index contributed by atoms with van der Waals surface area (Å²) in [5, 5.41) is 0. The first-order valence-electron chi connectivity index (χ1n) is 9.04. The summed E-state index contributed by atoms with van der Waals surface area (Å²) in [5.41, 5.74) is 3.24. The third-order valence-corrected chi connectivity index (χ3v) is 5.12. The van der Waals surface area contributed by atoms with Gasteiger partial charge in [-0.15, -0.1) is 0 Å². The van der Waals surface area contributed by atoms with Gasteiger partial charge in [0, 0.05) is 30.1 Å². The molecule has 0 bridgehead atoms. The Labute approximate surface area is 155 Å². The van der Waals surface area contributed by atoms with Crippen LogP contribution in [0.25, 0.3) is 11.1 Å². The van der Waals surface area contributed by atoms with E-state index in [9.17, 15) is 14.4 Å². The molecule has 1 N–H and O–H groups in total. The van der Waals surface area contributed by atoms with Crippen LogP contribution in [-0.2, 0) is 0 Å². The number of H-pyrrole nitrogens is 1. The van der Waals surface area contributed by atoms with Crippen LogP contribution in [0.1, 0.15) is 39.1 Å². The van der Waals surface area contributed by atoms with E-state index < -0.39 is 5.76 Å². The molecule has 0 atom stereocenters. The summed E-state index contributed by atoms with van der Waals surface area (Å²) < 4.78 is 5.04. The Hall–Kier alpha value is -3.15. The van der Waals surface area contributed by atoms with E-state index >= 15 is 0 Å². The van der Waals surface area contributed by atoms with Crippen molar-refractivity contribution in [3.8, 4) is 0 Å². The molecule has 0 spiro atoms. The maximum absolute atomic E-state index is 12.8. The molecule has 1 aliphatic rings. The van der Waals surface area contributed by atoms with Crippen molar-refractivity contribution in [2.24, 2.45) is 5.92 Å². The highest BCUT2D eigenvalue weighted by Crippen LogP contribution is 2.24. The molecule has 138 valence electrons. The lowest BCUT2D eigenvalue weighted by atomic mass is 9.88. The summed E-state index contributed by atoms with van der Waals surface area (Å²) in [6.07, 6.45) is 1.26. The minimum atomic E-state index is -0.530. The van der Waals surface area contributed by atoms with E-state index in [4.69, 9.17) is 4.42 Å². The molecule has 2 aromatic carbocycles. The number of aromatic amines is 1. The first-order chi connectivity index (χ1) is 13.0. The van der Waals surface area contributed by atoms with Crippen molar-refractivity contribution in [1.82, 2.24) is 9.88 Å². The fourth-order valence-corrected chi connectivity index (χ4v) is 3.64. The van der Waals surface area contributed by atoms with Crippen molar-refractivity contribution in [3.63, 3.8) is 0 Å². The van der Waals surface area contributed by atoms with Crippen molar-refractivity contribution >= 4 is 22.8 Å². The summed E-state index contributed by atoms with van der Waals surface area (Å²) in [7, 11) is 0. The number of ketones is 1. The summed E-state index contributed by atoms with van der Waals surface area (Å²) in [4.78, 5) is 41.1. The lowest BCUT2D eigenvalue weighted by Crippen LogP contribution is -2.40. The van der Waals surface area contributed by atoms with Gasteiger partial charge >= 0.3 is 5.76 Å². The predicted molar refractivity (Wildman–Crippen MR) is 101 cm³/mol. The average molecular weight is 364 g/mol. The number of fused-ring (bicyclic) bond motifs is 1. The molecule has 6 heteroatoms. The number of hydrogen-bond donors (Lipinski definition) is 1. The smallest absolute Gasteiger partial charge is 0.408 e. The van der Waals surface area contributed by atoms with Gasteiger partial charge in [-0.3, -0.25) is 14.6 Å². The third kappa shape index (κ3) is 3.43. The Kier molecular flexibility index (Phi) is 4.39. The van der Waals surface area contributed by atoms with E-state index in [1.54, 1.807) is 18.2 Å². The number of aromatic nitrogens is 1. The molecular weight excluding hydrogens is 344 g/mol. The SMILES string of the molecule is Cc1cccc(C(=O)N2CCC(C(=O)c3ccc4[nH]c(=O)oc4c3)CC2)c1. The van der Waals surface area contributed by atoms with E-state index in [1.165, 1.54) is 0 Å². The standard InChI is InChI=1S/C21H20N2O4/c1-13-3-2-4-16(11-13)20(25)23-9-7-14(8-10-23)19(24)15-5-6-17-18(12-15)27-21(26)22-17/h2-6,11-12,14H,7-10H2,1H3,(H,22,26). The molecule has 2 heterocycles. The van der Waals surface area contributed by atoms with Gasteiger partial charge in [0.2, 0.25) is 0 Å². The lowest BCUT2D eigenvalue weighted by molar-refractivity contribution is 0.0650. The maximum Gasteiger partial charge on any atom is 0.417 e. The Bertz CT molecular complexity index is 1070. The Morgan fingerprint density at radius 2 is 1.85 bits per heavy atom. The minimum Gasteiger partial charge on any atom is -0.408 e.